The highest BCUT2D eigenvalue weighted by Gasteiger charge is 2.21. The van der Waals surface area contributed by atoms with Crippen LogP contribution in [0.2, 0.25) is 5.02 Å². The highest BCUT2D eigenvalue weighted by molar-refractivity contribution is 6.30. The number of carbonyl (C=O) groups is 1. The lowest BCUT2D eigenvalue weighted by atomic mass is 9.88. The standard InChI is InChI=1S/C14H17ClFNO/c1-17(9-10-2-5-12(18)6-3-10)14-8-11(15)4-7-13(14)16/h4,7-8,10H,2-3,5-6,9H2,1H3. The number of ketones is 1. The van der Waals surface area contributed by atoms with Gasteiger partial charge in [-0.05, 0) is 37.0 Å². The van der Waals surface area contributed by atoms with Crippen molar-refractivity contribution in [2.75, 3.05) is 18.5 Å². The first-order chi connectivity index (χ1) is 8.56. The summed E-state index contributed by atoms with van der Waals surface area (Å²) in [5, 5.41) is 0.539. The summed E-state index contributed by atoms with van der Waals surface area (Å²) in [5.41, 5.74) is 0.527. The average Bonchev–Trinajstić information content (AvgIpc) is 2.35. The van der Waals surface area contributed by atoms with Gasteiger partial charge in [0.1, 0.15) is 11.6 Å². The smallest absolute Gasteiger partial charge is 0.146 e. The van der Waals surface area contributed by atoms with Gasteiger partial charge in [-0.15, -0.1) is 0 Å². The third-order valence-corrected chi connectivity index (χ3v) is 3.75. The third kappa shape index (κ3) is 3.22. The van der Waals surface area contributed by atoms with Crippen LogP contribution in [-0.4, -0.2) is 19.4 Å². The van der Waals surface area contributed by atoms with Crippen LogP contribution in [0.5, 0.6) is 0 Å². The minimum absolute atomic E-state index is 0.256. The Morgan fingerprint density at radius 3 is 2.72 bits per heavy atom. The van der Waals surface area contributed by atoms with Gasteiger partial charge in [-0.2, -0.15) is 0 Å². The largest absolute Gasteiger partial charge is 0.372 e. The molecule has 1 aromatic rings. The zero-order valence-electron chi connectivity index (χ0n) is 10.5. The SMILES string of the molecule is CN(CC1CCC(=O)CC1)c1cc(Cl)ccc1F. The molecule has 98 valence electrons. The fourth-order valence-electron chi connectivity index (χ4n) is 2.45. The van der Waals surface area contributed by atoms with Crippen molar-refractivity contribution < 1.29 is 9.18 Å². The predicted molar refractivity (Wildman–Crippen MR) is 71.6 cm³/mol. The summed E-state index contributed by atoms with van der Waals surface area (Å²) < 4.78 is 13.7. The number of rotatable bonds is 3. The van der Waals surface area contributed by atoms with E-state index in [1.54, 1.807) is 12.1 Å². The second-order valence-electron chi connectivity index (χ2n) is 4.96. The van der Waals surface area contributed by atoms with Crippen molar-refractivity contribution in [2.24, 2.45) is 5.92 Å². The normalized spacial score (nSPS) is 16.9. The van der Waals surface area contributed by atoms with E-state index in [0.29, 0.717) is 35.3 Å². The monoisotopic (exact) mass is 269 g/mol. The van der Waals surface area contributed by atoms with Crippen LogP contribution < -0.4 is 4.90 Å². The fourth-order valence-corrected chi connectivity index (χ4v) is 2.61. The summed E-state index contributed by atoms with van der Waals surface area (Å²) in [5.74, 6) is 0.558. The molecule has 1 aliphatic carbocycles. The number of nitrogens with zero attached hydrogens (tertiary/aromatic N) is 1. The highest BCUT2D eigenvalue weighted by Crippen LogP contribution is 2.27. The molecule has 0 aliphatic heterocycles. The van der Waals surface area contributed by atoms with Gasteiger partial charge in [-0.25, -0.2) is 4.39 Å². The molecule has 1 saturated carbocycles. The van der Waals surface area contributed by atoms with Crippen LogP contribution in [0.15, 0.2) is 18.2 Å². The van der Waals surface area contributed by atoms with Gasteiger partial charge in [-0.3, -0.25) is 4.79 Å². The van der Waals surface area contributed by atoms with Crippen LogP contribution in [0.3, 0.4) is 0 Å². The van der Waals surface area contributed by atoms with Crippen molar-refractivity contribution in [1.29, 1.82) is 0 Å². The fraction of sp³-hybridized carbons (Fsp3) is 0.500. The van der Waals surface area contributed by atoms with Crippen LogP contribution in [0.4, 0.5) is 10.1 Å². The van der Waals surface area contributed by atoms with Gasteiger partial charge in [0.2, 0.25) is 0 Å². The molecule has 0 atom stereocenters. The molecule has 0 unspecified atom stereocenters. The third-order valence-electron chi connectivity index (χ3n) is 3.51. The molecule has 2 nitrogen and oxygen atoms in total. The Kier molecular flexibility index (Phi) is 4.23. The van der Waals surface area contributed by atoms with Gasteiger partial charge in [0.15, 0.2) is 0 Å². The molecular weight excluding hydrogens is 253 g/mol. The lowest BCUT2D eigenvalue weighted by molar-refractivity contribution is -0.120. The molecule has 0 aromatic heterocycles. The summed E-state index contributed by atoms with van der Waals surface area (Å²) in [4.78, 5) is 13.1. The Morgan fingerprint density at radius 1 is 1.39 bits per heavy atom. The first-order valence-corrected chi connectivity index (χ1v) is 6.62. The van der Waals surface area contributed by atoms with E-state index in [4.69, 9.17) is 11.6 Å². The molecule has 0 amide bonds. The van der Waals surface area contributed by atoms with Gasteiger partial charge in [0, 0.05) is 31.5 Å². The van der Waals surface area contributed by atoms with Crippen LogP contribution >= 0.6 is 11.6 Å². The number of hydrogen-bond acceptors (Lipinski definition) is 2. The average molecular weight is 270 g/mol. The maximum Gasteiger partial charge on any atom is 0.146 e. The van der Waals surface area contributed by atoms with E-state index in [1.165, 1.54) is 6.07 Å². The maximum atomic E-state index is 13.7. The van der Waals surface area contributed by atoms with E-state index < -0.39 is 0 Å². The van der Waals surface area contributed by atoms with Gasteiger partial charge < -0.3 is 4.90 Å². The van der Waals surface area contributed by atoms with E-state index in [2.05, 4.69) is 0 Å². The highest BCUT2D eigenvalue weighted by atomic mass is 35.5. The molecule has 0 saturated heterocycles. The van der Waals surface area contributed by atoms with Crippen molar-refractivity contribution in [3.8, 4) is 0 Å². The molecule has 0 spiro atoms. The van der Waals surface area contributed by atoms with E-state index in [1.807, 2.05) is 11.9 Å². The summed E-state index contributed by atoms with van der Waals surface area (Å²) in [6.45, 7) is 0.768. The first kappa shape index (κ1) is 13.3. The Balaban J connectivity index is 2.00. The number of benzene rings is 1. The van der Waals surface area contributed by atoms with Gasteiger partial charge in [0.05, 0.1) is 5.69 Å². The van der Waals surface area contributed by atoms with Crippen LogP contribution in [-0.2, 0) is 4.79 Å². The van der Waals surface area contributed by atoms with E-state index in [9.17, 15) is 9.18 Å². The summed E-state index contributed by atoms with van der Waals surface area (Å²) in [6, 6.07) is 4.58. The topological polar surface area (TPSA) is 20.3 Å². The van der Waals surface area contributed by atoms with E-state index in [-0.39, 0.29) is 5.82 Å². The Bertz CT molecular complexity index is 439. The Morgan fingerprint density at radius 2 is 2.06 bits per heavy atom. The predicted octanol–water partition coefficient (Wildman–Crippen LogP) is 3.67. The second-order valence-corrected chi connectivity index (χ2v) is 5.39. The van der Waals surface area contributed by atoms with Crippen molar-refractivity contribution in [1.82, 2.24) is 0 Å². The quantitative estimate of drug-likeness (QED) is 0.834. The molecule has 18 heavy (non-hydrogen) atoms. The molecule has 4 heteroatoms. The lowest BCUT2D eigenvalue weighted by Gasteiger charge is -2.28. The molecule has 0 radical (unpaired) electrons. The molecule has 0 heterocycles. The maximum absolute atomic E-state index is 13.7. The number of Topliss-reactive ketones (excluding diaryl/α,β-unsaturated/α-hetero) is 1. The molecule has 2 rings (SSSR count). The number of anilines is 1. The van der Waals surface area contributed by atoms with Gasteiger partial charge in [-0.1, -0.05) is 11.6 Å². The summed E-state index contributed by atoms with van der Waals surface area (Å²) >= 11 is 5.88. The number of hydrogen-bond donors (Lipinski definition) is 0. The minimum atomic E-state index is -0.256. The first-order valence-electron chi connectivity index (χ1n) is 6.24. The van der Waals surface area contributed by atoms with Crippen LogP contribution in [0.1, 0.15) is 25.7 Å². The Labute approximate surface area is 112 Å². The van der Waals surface area contributed by atoms with Gasteiger partial charge >= 0.3 is 0 Å². The molecule has 1 aliphatic rings. The molecule has 1 fully saturated rings. The van der Waals surface area contributed by atoms with Crippen molar-refractivity contribution >= 4 is 23.1 Å². The van der Waals surface area contributed by atoms with Crippen molar-refractivity contribution in [3.05, 3.63) is 29.0 Å². The molecular formula is C14H17ClFNO. The molecule has 0 bridgehead atoms. The van der Waals surface area contributed by atoms with Crippen molar-refractivity contribution in [3.63, 3.8) is 0 Å². The van der Waals surface area contributed by atoms with E-state index in [0.717, 1.165) is 19.4 Å². The zero-order chi connectivity index (χ0) is 13.1. The van der Waals surface area contributed by atoms with Crippen LogP contribution in [0.25, 0.3) is 0 Å². The zero-order valence-corrected chi connectivity index (χ0v) is 11.2. The molecule has 0 N–H and O–H groups in total. The molecule has 1 aromatic carbocycles. The van der Waals surface area contributed by atoms with Crippen molar-refractivity contribution in [2.45, 2.75) is 25.7 Å². The number of halogens is 2. The van der Waals surface area contributed by atoms with Crippen LogP contribution in [0, 0.1) is 11.7 Å². The summed E-state index contributed by atoms with van der Waals surface area (Å²) in [6.07, 6.45) is 3.14. The Hall–Kier alpha value is -1.09. The lowest BCUT2D eigenvalue weighted by Crippen LogP contribution is -2.29. The minimum Gasteiger partial charge on any atom is -0.372 e. The van der Waals surface area contributed by atoms with E-state index >= 15 is 0 Å². The summed E-state index contributed by atoms with van der Waals surface area (Å²) in [7, 11) is 1.87. The van der Waals surface area contributed by atoms with Gasteiger partial charge in [0.25, 0.3) is 0 Å². The second kappa shape index (κ2) is 5.70. The number of carbonyl (C=O) groups excluding carboxylic acids is 1.